The molecular formula is C14H17N5. The summed E-state index contributed by atoms with van der Waals surface area (Å²) in [6.07, 6.45) is 4.07. The maximum absolute atomic E-state index is 5.78. The largest absolute Gasteiger partial charge is 0.351 e. The summed E-state index contributed by atoms with van der Waals surface area (Å²) < 4.78 is 0. The molecule has 0 aliphatic carbocycles. The van der Waals surface area contributed by atoms with Gasteiger partial charge in [-0.15, -0.1) is 10.2 Å². The summed E-state index contributed by atoms with van der Waals surface area (Å²) in [5.74, 6) is 0.910. The highest BCUT2D eigenvalue weighted by atomic mass is 15.3. The fraction of sp³-hybridized carbons (Fsp3) is 0.357. The van der Waals surface area contributed by atoms with Crippen LogP contribution in [0.15, 0.2) is 36.5 Å². The molecule has 1 aliphatic rings. The van der Waals surface area contributed by atoms with Crippen LogP contribution in [0.25, 0.3) is 11.4 Å². The van der Waals surface area contributed by atoms with Crippen molar-refractivity contribution in [2.75, 3.05) is 18.0 Å². The number of nitrogens with zero attached hydrogens (tertiary/aromatic N) is 4. The van der Waals surface area contributed by atoms with Gasteiger partial charge in [-0.3, -0.25) is 4.98 Å². The first-order valence-electron chi connectivity index (χ1n) is 6.60. The summed E-state index contributed by atoms with van der Waals surface area (Å²) in [5.41, 5.74) is 7.43. The molecule has 0 bridgehead atoms. The van der Waals surface area contributed by atoms with E-state index in [0.29, 0.717) is 12.6 Å². The van der Waals surface area contributed by atoms with Crippen LogP contribution in [-0.4, -0.2) is 34.3 Å². The fourth-order valence-corrected chi connectivity index (χ4v) is 2.51. The van der Waals surface area contributed by atoms with Crippen molar-refractivity contribution in [2.45, 2.75) is 18.9 Å². The molecule has 2 aromatic heterocycles. The van der Waals surface area contributed by atoms with Crippen molar-refractivity contribution >= 4 is 5.82 Å². The van der Waals surface area contributed by atoms with Crippen molar-refractivity contribution in [2.24, 2.45) is 5.73 Å². The third-order valence-corrected chi connectivity index (χ3v) is 3.52. The topological polar surface area (TPSA) is 67.9 Å². The average molecular weight is 255 g/mol. The number of aromatic nitrogens is 3. The molecule has 0 aromatic carbocycles. The molecule has 3 rings (SSSR count). The Labute approximate surface area is 112 Å². The van der Waals surface area contributed by atoms with Crippen molar-refractivity contribution in [3.05, 3.63) is 36.5 Å². The standard InChI is InChI=1S/C14H17N5/c15-10-11-4-3-9-19(11)14-7-6-13(17-18-14)12-5-1-2-8-16-12/h1-2,5-8,11H,3-4,9-10,15H2. The Balaban J connectivity index is 1.83. The van der Waals surface area contributed by atoms with E-state index < -0.39 is 0 Å². The molecule has 0 amide bonds. The molecule has 98 valence electrons. The smallest absolute Gasteiger partial charge is 0.151 e. The minimum absolute atomic E-state index is 0.398. The van der Waals surface area contributed by atoms with Gasteiger partial charge in [0.2, 0.25) is 0 Å². The summed E-state index contributed by atoms with van der Waals surface area (Å²) in [6, 6.07) is 10.1. The summed E-state index contributed by atoms with van der Waals surface area (Å²) >= 11 is 0. The van der Waals surface area contributed by atoms with Crippen LogP contribution in [0, 0.1) is 0 Å². The van der Waals surface area contributed by atoms with Gasteiger partial charge in [-0.2, -0.15) is 0 Å². The van der Waals surface area contributed by atoms with Crippen LogP contribution in [0.5, 0.6) is 0 Å². The lowest BCUT2D eigenvalue weighted by Crippen LogP contribution is -2.36. The molecule has 1 aliphatic heterocycles. The molecule has 2 aromatic rings. The van der Waals surface area contributed by atoms with E-state index in [-0.39, 0.29) is 0 Å². The van der Waals surface area contributed by atoms with Gasteiger partial charge in [-0.25, -0.2) is 0 Å². The van der Waals surface area contributed by atoms with Crippen molar-refractivity contribution in [3.8, 4) is 11.4 Å². The van der Waals surface area contributed by atoms with Gasteiger partial charge >= 0.3 is 0 Å². The van der Waals surface area contributed by atoms with Gasteiger partial charge in [-0.1, -0.05) is 6.07 Å². The van der Waals surface area contributed by atoms with E-state index in [1.165, 1.54) is 6.42 Å². The molecule has 1 atom stereocenters. The van der Waals surface area contributed by atoms with Crippen molar-refractivity contribution < 1.29 is 0 Å². The molecule has 3 heterocycles. The number of hydrogen-bond donors (Lipinski definition) is 1. The van der Waals surface area contributed by atoms with Gasteiger partial charge in [0.25, 0.3) is 0 Å². The second-order valence-electron chi connectivity index (χ2n) is 4.72. The zero-order chi connectivity index (χ0) is 13.1. The van der Waals surface area contributed by atoms with Crippen molar-refractivity contribution in [1.82, 2.24) is 15.2 Å². The highest BCUT2D eigenvalue weighted by Crippen LogP contribution is 2.23. The predicted octanol–water partition coefficient (Wildman–Crippen LogP) is 1.47. The second-order valence-corrected chi connectivity index (χ2v) is 4.72. The Morgan fingerprint density at radius 3 is 2.79 bits per heavy atom. The Morgan fingerprint density at radius 1 is 1.16 bits per heavy atom. The highest BCUT2D eigenvalue weighted by Gasteiger charge is 2.24. The van der Waals surface area contributed by atoms with Gasteiger partial charge in [0, 0.05) is 25.3 Å². The number of rotatable bonds is 3. The Kier molecular flexibility index (Phi) is 3.37. The number of pyridine rings is 1. The van der Waals surface area contributed by atoms with Crippen LogP contribution in [0.3, 0.4) is 0 Å². The van der Waals surface area contributed by atoms with Crippen molar-refractivity contribution in [3.63, 3.8) is 0 Å². The maximum atomic E-state index is 5.78. The van der Waals surface area contributed by atoms with E-state index in [9.17, 15) is 0 Å². The minimum Gasteiger partial charge on any atom is -0.351 e. The average Bonchev–Trinajstić information content (AvgIpc) is 2.97. The third-order valence-electron chi connectivity index (χ3n) is 3.52. The third kappa shape index (κ3) is 2.42. The SMILES string of the molecule is NCC1CCCN1c1ccc(-c2ccccn2)nn1. The number of nitrogens with two attached hydrogens (primary N) is 1. The quantitative estimate of drug-likeness (QED) is 0.899. The summed E-state index contributed by atoms with van der Waals surface area (Å²) in [7, 11) is 0. The molecule has 1 fully saturated rings. The Bertz CT molecular complexity index is 525. The van der Waals surface area contributed by atoms with Gasteiger partial charge in [0.05, 0.1) is 5.69 Å². The van der Waals surface area contributed by atoms with Crippen LogP contribution in [0.1, 0.15) is 12.8 Å². The fourth-order valence-electron chi connectivity index (χ4n) is 2.51. The molecule has 5 heteroatoms. The zero-order valence-corrected chi connectivity index (χ0v) is 10.7. The van der Waals surface area contributed by atoms with Crippen LogP contribution in [0.2, 0.25) is 0 Å². The zero-order valence-electron chi connectivity index (χ0n) is 10.7. The molecule has 19 heavy (non-hydrogen) atoms. The molecule has 5 nitrogen and oxygen atoms in total. The van der Waals surface area contributed by atoms with E-state index in [1.54, 1.807) is 6.20 Å². The van der Waals surface area contributed by atoms with Crippen LogP contribution in [-0.2, 0) is 0 Å². The van der Waals surface area contributed by atoms with E-state index in [0.717, 1.165) is 30.2 Å². The predicted molar refractivity (Wildman–Crippen MR) is 74.7 cm³/mol. The Hall–Kier alpha value is -2.01. The number of hydrogen-bond acceptors (Lipinski definition) is 5. The summed E-state index contributed by atoms with van der Waals surface area (Å²) in [4.78, 5) is 6.52. The lowest BCUT2D eigenvalue weighted by Gasteiger charge is -2.23. The van der Waals surface area contributed by atoms with Crippen molar-refractivity contribution in [1.29, 1.82) is 0 Å². The molecular weight excluding hydrogens is 238 g/mol. The van der Waals surface area contributed by atoms with Crippen LogP contribution in [0.4, 0.5) is 5.82 Å². The summed E-state index contributed by atoms with van der Waals surface area (Å²) in [5, 5.41) is 8.58. The van der Waals surface area contributed by atoms with Crippen LogP contribution < -0.4 is 10.6 Å². The molecule has 1 unspecified atom stereocenters. The first-order valence-corrected chi connectivity index (χ1v) is 6.60. The van der Waals surface area contributed by atoms with Gasteiger partial charge in [0.1, 0.15) is 5.69 Å². The molecule has 1 saturated heterocycles. The van der Waals surface area contributed by atoms with Crippen LogP contribution >= 0.6 is 0 Å². The highest BCUT2D eigenvalue weighted by molar-refractivity contribution is 5.55. The molecule has 2 N–H and O–H groups in total. The molecule has 0 spiro atoms. The van der Waals surface area contributed by atoms with Gasteiger partial charge in [0.15, 0.2) is 5.82 Å². The molecule has 0 radical (unpaired) electrons. The normalized spacial score (nSPS) is 18.8. The minimum atomic E-state index is 0.398. The first kappa shape index (κ1) is 12.0. The van der Waals surface area contributed by atoms with E-state index in [1.807, 2.05) is 30.3 Å². The van der Waals surface area contributed by atoms with Gasteiger partial charge in [-0.05, 0) is 37.1 Å². The molecule has 0 saturated carbocycles. The Morgan fingerprint density at radius 2 is 2.11 bits per heavy atom. The summed E-state index contributed by atoms with van der Waals surface area (Å²) in [6.45, 7) is 1.68. The van der Waals surface area contributed by atoms with Gasteiger partial charge < -0.3 is 10.6 Å². The second kappa shape index (κ2) is 5.32. The van der Waals surface area contributed by atoms with E-state index in [2.05, 4.69) is 20.1 Å². The lowest BCUT2D eigenvalue weighted by molar-refractivity contribution is 0.668. The maximum Gasteiger partial charge on any atom is 0.151 e. The monoisotopic (exact) mass is 255 g/mol. The van der Waals surface area contributed by atoms with E-state index >= 15 is 0 Å². The first-order chi connectivity index (χ1) is 9.38. The lowest BCUT2D eigenvalue weighted by atomic mass is 10.2. The van der Waals surface area contributed by atoms with E-state index in [4.69, 9.17) is 5.73 Å². The number of anilines is 1.